The highest BCUT2D eigenvalue weighted by Crippen LogP contribution is 2.34. The molecule has 0 bridgehead atoms. The molecule has 8 heteroatoms. The summed E-state index contributed by atoms with van der Waals surface area (Å²) in [4.78, 5) is 11.2. The van der Waals surface area contributed by atoms with Crippen molar-refractivity contribution in [2.45, 2.75) is 12.5 Å². The highest BCUT2D eigenvalue weighted by atomic mass is 32.2. The number of methoxy groups -OCH3 is 1. The minimum Gasteiger partial charge on any atom is -0.452 e. The molecule has 0 aromatic heterocycles. The van der Waals surface area contributed by atoms with E-state index in [9.17, 15) is 13.2 Å². The number of carbonyl (C=O) groups excluding carboxylic acids is 1. The molecular weight excluding hydrogens is 282 g/mol. The smallest absolute Gasteiger partial charge is 0.422 e. The van der Waals surface area contributed by atoms with E-state index in [1.807, 2.05) is 23.9 Å². The van der Waals surface area contributed by atoms with E-state index in [2.05, 4.69) is 10.1 Å². The van der Waals surface area contributed by atoms with Crippen molar-refractivity contribution in [1.29, 1.82) is 0 Å². The molecule has 0 saturated carbocycles. The quantitative estimate of drug-likeness (QED) is 0.860. The van der Waals surface area contributed by atoms with E-state index < -0.39 is 16.3 Å². The van der Waals surface area contributed by atoms with E-state index in [-0.39, 0.29) is 12.6 Å². The largest absolute Gasteiger partial charge is 0.452 e. The number of para-hydroxylation sites is 1. The number of nitrogens with one attached hydrogen (secondary N) is 2. The summed E-state index contributed by atoms with van der Waals surface area (Å²) in [7, 11) is -1.01. The molecule has 0 fully saturated rings. The van der Waals surface area contributed by atoms with Gasteiger partial charge in [-0.25, -0.2) is 9.52 Å². The van der Waals surface area contributed by atoms with Crippen LogP contribution in [0.15, 0.2) is 24.3 Å². The first-order valence-electron chi connectivity index (χ1n) is 6.14. The summed E-state index contributed by atoms with van der Waals surface area (Å²) in [5.74, 6) is 0. The maximum Gasteiger partial charge on any atom is 0.422 e. The van der Waals surface area contributed by atoms with Crippen LogP contribution < -0.4 is 14.3 Å². The summed E-state index contributed by atoms with van der Waals surface area (Å²) in [5, 5.41) is 3.15. The number of carbonyl (C=O) groups is 1. The summed E-state index contributed by atoms with van der Waals surface area (Å²) >= 11 is 0. The van der Waals surface area contributed by atoms with Crippen LogP contribution in [0, 0.1) is 0 Å². The van der Waals surface area contributed by atoms with Crippen LogP contribution in [0.4, 0.5) is 10.5 Å². The van der Waals surface area contributed by atoms with Gasteiger partial charge in [-0.05, 0) is 25.1 Å². The second kappa shape index (κ2) is 5.68. The van der Waals surface area contributed by atoms with Gasteiger partial charge in [0.05, 0.1) is 12.8 Å². The topological polar surface area (TPSA) is 87.7 Å². The van der Waals surface area contributed by atoms with Crippen LogP contribution in [0.1, 0.15) is 18.0 Å². The highest BCUT2D eigenvalue weighted by molar-refractivity contribution is 7.91. The highest BCUT2D eigenvalue weighted by Gasteiger charge is 2.32. The van der Waals surface area contributed by atoms with Crippen LogP contribution >= 0.6 is 0 Å². The van der Waals surface area contributed by atoms with Crippen LogP contribution in [0.3, 0.4) is 0 Å². The van der Waals surface area contributed by atoms with Crippen molar-refractivity contribution in [3.8, 4) is 0 Å². The molecule has 0 saturated heterocycles. The molecule has 7 nitrogen and oxygen atoms in total. The van der Waals surface area contributed by atoms with Gasteiger partial charge in [0.25, 0.3) is 0 Å². The maximum absolute atomic E-state index is 12.2. The first-order valence-corrected chi connectivity index (χ1v) is 7.58. The van der Waals surface area contributed by atoms with Gasteiger partial charge in [0.2, 0.25) is 0 Å². The van der Waals surface area contributed by atoms with Crippen molar-refractivity contribution in [2.24, 2.45) is 0 Å². The lowest BCUT2D eigenvalue weighted by atomic mass is 9.98. The number of hydrogen-bond acceptors (Lipinski definition) is 5. The molecule has 2 rings (SSSR count). The Morgan fingerprint density at radius 1 is 1.40 bits per heavy atom. The molecule has 0 aliphatic carbocycles. The Labute approximate surface area is 118 Å². The Kier molecular flexibility index (Phi) is 4.15. The predicted octanol–water partition coefficient (Wildman–Crippen LogP) is 0.758. The monoisotopic (exact) mass is 299 g/mol. The molecule has 2 N–H and O–H groups in total. The van der Waals surface area contributed by atoms with E-state index in [1.54, 1.807) is 12.1 Å². The van der Waals surface area contributed by atoms with E-state index in [0.717, 1.165) is 12.7 Å². The molecule has 1 aromatic rings. The van der Waals surface area contributed by atoms with Crippen LogP contribution in [0.5, 0.6) is 0 Å². The van der Waals surface area contributed by atoms with Gasteiger partial charge in [0.1, 0.15) is 0 Å². The molecule has 110 valence electrons. The summed E-state index contributed by atoms with van der Waals surface area (Å²) in [6.07, 6.45) is -0.381. The summed E-state index contributed by atoms with van der Waals surface area (Å²) in [6.45, 7) is 0.287. The van der Waals surface area contributed by atoms with E-state index in [4.69, 9.17) is 0 Å². The molecule has 1 aromatic carbocycles. The normalized spacial score (nSPS) is 18.3. The second-order valence-corrected chi connectivity index (χ2v) is 5.95. The molecule has 20 heavy (non-hydrogen) atoms. The Morgan fingerprint density at radius 2 is 2.10 bits per heavy atom. The Bertz CT molecular complexity index is 602. The van der Waals surface area contributed by atoms with Gasteiger partial charge in [-0.15, -0.1) is 0 Å². The van der Waals surface area contributed by atoms with Crippen LogP contribution in [-0.4, -0.2) is 35.2 Å². The number of nitrogens with zero attached hydrogens (tertiary/aromatic N) is 1. The van der Waals surface area contributed by atoms with Crippen molar-refractivity contribution >= 4 is 22.0 Å². The fourth-order valence-electron chi connectivity index (χ4n) is 2.28. The average Bonchev–Trinajstić information content (AvgIpc) is 2.45. The number of rotatable bonds is 3. The third-order valence-corrected chi connectivity index (χ3v) is 4.62. The first-order chi connectivity index (χ1) is 9.49. The molecule has 1 unspecified atom stereocenters. The predicted molar refractivity (Wildman–Crippen MR) is 74.7 cm³/mol. The van der Waals surface area contributed by atoms with Crippen molar-refractivity contribution in [1.82, 2.24) is 10.0 Å². The fourth-order valence-corrected chi connectivity index (χ4v) is 3.46. The van der Waals surface area contributed by atoms with Gasteiger partial charge >= 0.3 is 16.3 Å². The minimum absolute atomic E-state index is 0.0933. The third kappa shape index (κ3) is 2.70. The zero-order chi connectivity index (χ0) is 14.8. The van der Waals surface area contributed by atoms with Crippen molar-refractivity contribution in [3.63, 3.8) is 0 Å². The maximum atomic E-state index is 12.2. The van der Waals surface area contributed by atoms with Gasteiger partial charge in [0, 0.05) is 12.6 Å². The lowest BCUT2D eigenvalue weighted by molar-refractivity contribution is 0.177. The fraction of sp³-hybridized carbons (Fsp3) is 0.417. The first kappa shape index (κ1) is 14.6. The number of benzene rings is 1. The van der Waals surface area contributed by atoms with Gasteiger partial charge in [-0.2, -0.15) is 8.42 Å². The number of amides is 1. The Hall–Kier alpha value is -1.80. The number of ether oxygens (including phenoxy) is 1. The van der Waals surface area contributed by atoms with Crippen LogP contribution in [0.2, 0.25) is 0 Å². The average molecular weight is 299 g/mol. The number of anilines is 1. The summed E-state index contributed by atoms with van der Waals surface area (Å²) < 4.78 is 31.8. The molecule has 1 aliphatic rings. The number of hydrogen-bond donors (Lipinski definition) is 2. The van der Waals surface area contributed by atoms with Crippen molar-refractivity contribution in [3.05, 3.63) is 29.8 Å². The number of fused-ring (bicyclic) bond motifs is 1. The summed E-state index contributed by atoms with van der Waals surface area (Å²) in [6, 6.07) is 7.30. The van der Waals surface area contributed by atoms with Gasteiger partial charge in [-0.1, -0.05) is 18.2 Å². The second-order valence-electron chi connectivity index (χ2n) is 4.36. The molecule has 1 amide bonds. The van der Waals surface area contributed by atoms with Crippen LogP contribution in [0.25, 0.3) is 0 Å². The molecule has 1 aliphatic heterocycles. The van der Waals surface area contributed by atoms with Crippen LogP contribution in [-0.2, 0) is 14.9 Å². The van der Waals surface area contributed by atoms with Gasteiger partial charge < -0.3 is 10.1 Å². The standard InChI is InChI=1S/C12H17N3O4S/c1-13-10-7-8-15(11-6-4-3-5-9(10)11)20(17,18)14-12(16)19-2/h3-6,10,13H,7-8H2,1-2H3,(H,14,16). The zero-order valence-electron chi connectivity index (χ0n) is 11.3. The Morgan fingerprint density at radius 3 is 2.75 bits per heavy atom. The van der Waals surface area contributed by atoms with Gasteiger partial charge in [-0.3, -0.25) is 4.31 Å². The van der Waals surface area contributed by atoms with E-state index >= 15 is 0 Å². The van der Waals surface area contributed by atoms with E-state index in [0.29, 0.717) is 12.1 Å². The third-order valence-electron chi connectivity index (χ3n) is 3.24. The molecular formula is C12H17N3O4S. The van der Waals surface area contributed by atoms with E-state index in [1.165, 1.54) is 4.31 Å². The lowest BCUT2D eigenvalue weighted by Crippen LogP contribution is -2.47. The molecule has 1 heterocycles. The molecule has 0 radical (unpaired) electrons. The zero-order valence-corrected chi connectivity index (χ0v) is 12.1. The van der Waals surface area contributed by atoms with Crippen molar-refractivity contribution in [2.75, 3.05) is 25.0 Å². The Balaban J connectivity index is 2.37. The lowest BCUT2D eigenvalue weighted by Gasteiger charge is -2.34. The van der Waals surface area contributed by atoms with Crippen molar-refractivity contribution < 1.29 is 17.9 Å². The molecule has 0 spiro atoms. The molecule has 1 atom stereocenters. The van der Waals surface area contributed by atoms with Gasteiger partial charge in [0.15, 0.2) is 0 Å². The SMILES string of the molecule is CNC1CCN(S(=O)(=O)NC(=O)OC)c2ccccc21. The minimum atomic E-state index is -3.96. The summed E-state index contributed by atoms with van der Waals surface area (Å²) in [5.41, 5.74) is 1.45.